The molecule has 0 bridgehead atoms. The second-order valence-electron chi connectivity index (χ2n) is 5.66. The highest BCUT2D eigenvalue weighted by molar-refractivity contribution is 7.07. The van der Waals surface area contributed by atoms with E-state index in [1.54, 1.807) is 17.6 Å². The summed E-state index contributed by atoms with van der Waals surface area (Å²) in [5.41, 5.74) is 3.08. The molecule has 0 spiro atoms. The number of alkyl halides is 3. The van der Waals surface area contributed by atoms with Gasteiger partial charge in [0.2, 0.25) is 0 Å². The number of rotatable bonds is 7. The summed E-state index contributed by atoms with van der Waals surface area (Å²) in [7, 11) is 1.45. The Kier molecular flexibility index (Phi) is 6.23. The minimum Gasteiger partial charge on any atom is -0.493 e. The predicted octanol–water partition coefficient (Wildman–Crippen LogP) is 4.88. The molecule has 0 radical (unpaired) electrons. The van der Waals surface area contributed by atoms with Crippen LogP contribution in [0.1, 0.15) is 16.1 Å². The van der Waals surface area contributed by atoms with Crippen molar-refractivity contribution in [1.29, 1.82) is 0 Å². The molecule has 0 atom stereocenters. The van der Waals surface area contributed by atoms with Crippen LogP contribution in [0.3, 0.4) is 0 Å². The number of hydrogen-bond donors (Lipinski definition) is 1. The van der Waals surface area contributed by atoms with E-state index < -0.39 is 12.3 Å². The summed E-state index contributed by atoms with van der Waals surface area (Å²) in [4.78, 5) is 16.5. The van der Waals surface area contributed by atoms with Crippen molar-refractivity contribution in [2.24, 2.45) is 0 Å². The van der Waals surface area contributed by atoms with Gasteiger partial charge in [0.15, 0.2) is 11.5 Å². The minimum absolute atomic E-state index is 0.262. The van der Waals surface area contributed by atoms with Gasteiger partial charge in [0.05, 0.1) is 18.3 Å². The van der Waals surface area contributed by atoms with Gasteiger partial charge >= 0.3 is 6.36 Å². The van der Waals surface area contributed by atoms with E-state index in [0.29, 0.717) is 22.7 Å². The van der Waals surface area contributed by atoms with Gasteiger partial charge in [-0.15, -0.1) is 24.5 Å². The van der Waals surface area contributed by atoms with Crippen LogP contribution < -0.4 is 19.5 Å². The summed E-state index contributed by atoms with van der Waals surface area (Å²) in [5, 5.41) is 4.45. The highest BCUT2D eigenvalue weighted by atomic mass is 32.1. The van der Waals surface area contributed by atoms with Crippen molar-refractivity contribution in [3.63, 3.8) is 0 Å². The summed E-state index contributed by atoms with van der Waals surface area (Å²) >= 11 is 1.46. The fourth-order valence-electron chi connectivity index (χ4n) is 2.33. The molecule has 152 valence electrons. The number of nitrogens with one attached hydrogen (secondary N) is 1. The van der Waals surface area contributed by atoms with Crippen LogP contribution in [0.4, 0.5) is 18.9 Å². The molecule has 3 rings (SSSR count). The third kappa shape index (κ3) is 5.85. The van der Waals surface area contributed by atoms with E-state index in [2.05, 4.69) is 15.0 Å². The zero-order valence-electron chi connectivity index (χ0n) is 15.0. The molecule has 1 heterocycles. The number of carbonyl (C=O) groups excluding carboxylic acids is 1. The molecule has 0 saturated heterocycles. The molecule has 1 aromatic heterocycles. The molecule has 0 aliphatic rings. The molecular formula is C19H15F3N2O4S. The Morgan fingerprint density at radius 1 is 1.14 bits per heavy atom. The summed E-state index contributed by atoms with van der Waals surface area (Å²) in [6.45, 7) is 0.262. The van der Waals surface area contributed by atoms with Crippen molar-refractivity contribution in [3.05, 3.63) is 64.6 Å². The molecule has 3 aromatic rings. The van der Waals surface area contributed by atoms with Crippen molar-refractivity contribution in [3.8, 4) is 17.2 Å². The van der Waals surface area contributed by atoms with Gasteiger partial charge in [0, 0.05) is 16.6 Å². The van der Waals surface area contributed by atoms with E-state index in [0.717, 1.165) is 17.8 Å². The third-order valence-electron chi connectivity index (χ3n) is 3.63. The lowest BCUT2D eigenvalue weighted by atomic mass is 10.1. The van der Waals surface area contributed by atoms with Crippen LogP contribution >= 0.6 is 11.3 Å². The molecule has 1 amide bonds. The number of anilines is 1. The fourth-order valence-corrected chi connectivity index (χ4v) is 2.87. The first kappa shape index (κ1) is 20.5. The van der Waals surface area contributed by atoms with E-state index in [1.807, 2.05) is 5.38 Å². The highest BCUT2D eigenvalue weighted by Gasteiger charge is 2.31. The first-order chi connectivity index (χ1) is 13.8. The second kappa shape index (κ2) is 8.82. The van der Waals surface area contributed by atoms with Crippen molar-refractivity contribution in [2.75, 3.05) is 12.4 Å². The molecule has 2 aromatic carbocycles. The van der Waals surface area contributed by atoms with Crippen LogP contribution in [0.25, 0.3) is 0 Å². The molecular weight excluding hydrogens is 409 g/mol. The topological polar surface area (TPSA) is 69.7 Å². The number of thiazole rings is 1. The van der Waals surface area contributed by atoms with E-state index in [-0.39, 0.29) is 12.4 Å². The van der Waals surface area contributed by atoms with Crippen LogP contribution in [0.15, 0.2) is 53.4 Å². The molecule has 29 heavy (non-hydrogen) atoms. The Bertz CT molecular complexity index is 961. The number of amides is 1. The first-order valence-corrected chi connectivity index (χ1v) is 9.13. The van der Waals surface area contributed by atoms with Crippen LogP contribution in [0.2, 0.25) is 0 Å². The molecule has 0 saturated carbocycles. The molecule has 1 N–H and O–H groups in total. The fraction of sp³-hybridized carbons (Fsp3) is 0.158. The maximum Gasteiger partial charge on any atom is 0.573 e. The molecule has 10 heteroatoms. The Morgan fingerprint density at radius 3 is 2.52 bits per heavy atom. The number of ether oxygens (including phenoxy) is 3. The zero-order chi connectivity index (χ0) is 20.9. The van der Waals surface area contributed by atoms with Gasteiger partial charge in [-0.25, -0.2) is 4.98 Å². The molecule has 0 aliphatic carbocycles. The largest absolute Gasteiger partial charge is 0.573 e. The summed E-state index contributed by atoms with van der Waals surface area (Å²) in [6, 6.07) is 9.49. The Hall–Kier alpha value is -3.27. The zero-order valence-corrected chi connectivity index (χ0v) is 15.8. The van der Waals surface area contributed by atoms with E-state index >= 15 is 0 Å². The van der Waals surface area contributed by atoms with Crippen molar-refractivity contribution >= 4 is 22.9 Å². The molecule has 0 aliphatic heterocycles. The van der Waals surface area contributed by atoms with E-state index in [1.165, 1.54) is 36.6 Å². The molecule has 0 fully saturated rings. The number of benzene rings is 2. The average Bonchev–Trinajstić information content (AvgIpc) is 3.20. The average molecular weight is 424 g/mol. The standard InChI is InChI=1S/C19H15F3N2O4S/c1-26-17-8-12(2-7-16(17)27-9-14-10-29-11-23-14)18(25)24-13-3-5-15(6-4-13)28-19(20,21)22/h2-8,10-11H,9H2,1H3,(H,24,25). The number of carbonyl (C=O) groups is 1. The van der Waals surface area contributed by atoms with Gasteiger partial charge in [-0.05, 0) is 42.5 Å². The second-order valence-corrected chi connectivity index (χ2v) is 6.38. The summed E-state index contributed by atoms with van der Waals surface area (Å²) in [6.07, 6.45) is -4.77. The lowest BCUT2D eigenvalue weighted by Gasteiger charge is -2.12. The summed E-state index contributed by atoms with van der Waals surface area (Å²) < 4.78 is 51.3. The molecule has 6 nitrogen and oxygen atoms in total. The number of hydrogen-bond acceptors (Lipinski definition) is 6. The Labute approximate surface area is 167 Å². The minimum atomic E-state index is -4.77. The van der Waals surface area contributed by atoms with E-state index in [9.17, 15) is 18.0 Å². The van der Waals surface area contributed by atoms with Gasteiger partial charge < -0.3 is 19.5 Å². The number of halogens is 3. The maximum atomic E-state index is 12.4. The van der Waals surface area contributed by atoms with Gasteiger partial charge in [-0.2, -0.15) is 0 Å². The maximum absolute atomic E-state index is 12.4. The Balaban J connectivity index is 1.65. The lowest BCUT2D eigenvalue weighted by molar-refractivity contribution is -0.274. The first-order valence-electron chi connectivity index (χ1n) is 8.19. The molecule has 0 unspecified atom stereocenters. The summed E-state index contributed by atoms with van der Waals surface area (Å²) in [5.74, 6) is -0.0230. The number of nitrogens with zero attached hydrogens (tertiary/aromatic N) is 1. The Morgan fingerprint density at radius 2 is 1.90 bits per heavy atom. The third-order valence-corrected chi connectivity index (χ3v) is 4.27. The quantitative estimate of drug-likeness (QED) is 0.585. The predicted molar refractivity (Wildman–Crippen MR) is 101 cm³/mol. The van der Waals surface area contributed by atoms with Crippen molar-refractivity contribution in [2.45, 2.75) is 13.0 Å². The van der Waals surface area contributed by atoms with Gasteiger partial charge in [0.1, 0.15) is 12.4 Å². The SMILES string of the molecule is COc1cc(C(=O)Nc2ccc(OC(F)(F)F)cc2)ccc1OCc1cscn1. The van der Waals surface area contributed by atoms with Gasteiger partial charge in [0.25, 0.3) is 5.91 Å². The van der Waals surface area contributed by atoms with Crippen LogP contribution in [-0.4, -0.2) is 24.4 Å². The lowest BCUT2D eigenvalue weighted by Crippen LogP contribution is -2.17. The van der Waals surface area contributed by atoms with Crippen molar-refractivity contribution < 1.29 is 32.2 Å². The van der Waals surface area contributed by atoms with Gasteiger partial charge in [-0.3, -0.25) is 4.79 Å². The van der Waals surface area contributed by atoms with Crippen molar-refractivity contribution in [1.82, 2.24) is 4.98 Å². The number of aromatic nitrogens is 1. The van der Waals surface area contributed by atoms with Crippen LogP contribution in [0.5, 0.6) is 17.2 Å². The van der Waals surface area contributed by atoms with Crippen LogP contribution in [-0.2, 0) is 6.61 Å². The highest BCUT2D eigenvalue weighted by Crippen LogP contribution is 2.29. The van der Waals surface area contributed by atoms with E-state index in [4.69, 9.17) is 9.47 Å². The van der Waals surface area contributed by atoms with Gasteiger partial charge in [-0.1, -0.05) is 0 Å². The smallest absolute Gasteiger partial charge is 0.493 e. The monoisotopic (exact) mass is 424 g/mol. The normalized spacial score (nSPS) is 11.0. The van der Waals surface area contributed by atoms with Crippen LogP contribution in [0, 0.1) is 0 Å². The number of methoxy groups -OCH3 is 1.